The van der Waals surface area contributed by atoms with E-state index in [0.717, 1.165) is 13.1 Å². The lowest BCUT2D eigenvalue weighted by Crippen LogP contribution is -2.48. The standard InChI is InChI=1S/C34H50FN3O8S/c1-23-6-8-28(39)22-32(40)46-33(24(2)7-9-31(23)45-34(41)37-16-14-36(4)15-17-37)25(3)18-26-19-27(35)21-30(20-26)44-29-10-12-38(13-11-29)47(5,42)43/h7,9,18-21,23-24,28-29,31,33,39H,6,8,10-17,22H2,1-5H3/b9-7+,25-18+/t23-,24-,28+,31-,33-/m0/s1. The van der Waals surface area contributed by atoms with Crippen LogP contribution in [0.25, 0.3) is 6.08 Å². The number of amides is 1. The highest BCUT2D eigenvalue weighted by Gasteiger charge is 2.30. The number of hydrogen-bond donors (Lipinski definition) is 1. The van der Waals surface area contributed by atoms with E-state index in [1.807, 2.05) is 33.0 Å². The van der Waals surface area contributed by atoms with Crippen LogP contribution in [0.15, 0.2) is 35.9 Å². The van der Waals surface area contributed by atoms with Crippen molar-refractivity contribution in [3.8, 4) is 5.75 Å². The molecule has 3 heterocycles. The summed E-state index contributed by atoms with van der Waals surface area (Å²) in [5.74, 6) is -1.15. The van der Waals surface area contributed by atoms with E-state index in [1.165, 1.54) is 22.7 Å². The van der Waals surface area contributed by atoms with Gasteiger partial charge in [0.15, 0.2) is 0 Å². The number of sulfonamides is 1. The fourth-order valence-electron chi connectivity index (χ4n) is 6.18. The number of ether oxygens (including phenoxy) is 3. The third-order valence-corrected chi connectivity index (χ3v) is 10.5. The molecular weight excluding hydrogens is 629 g/mol. The molecular formula is C34H50FN3O8S. The largest absolute Gasteiger partial charge is 0.490 e. The molecule has 11 nitrogen and oxygen atoms in total. The van der Waals surface area contributed by atoms with Crippen LogP contribution < -0.4 is 4.74 Å². The Bertz CT molecular complexity index is 1400. The quantitative estimate of drug-likeness (QED) is 0.350. The van der Waals surface area contributed by atoms with Gasteiger partial charge in [-0.05, 0) is 74.9 Å². The van der Waals surface area contributed by atoms with Crippen molar-refractivity contribution in [3.05, 3.63) is 47.3 Å². The number of aliphatic hydroxyl groups is 1. The van der Waals surface area contributed by atoms with E-state index < -0.39 is 40.1 Å². The number of piperidine rings is 1. The Kier molecular flexibility index (Phi) is 12.9. The average Bonchev–Trinajstić information content (AvgIpc) is 2.99. The molecule has 1 aromatic rings. The summed E-state index contributed by atoms with van der Waals surface area (Å²) in [7, 11) is -1.26. The Labute approximate surface area is 278 Å². The van der Waals surface area contributed by atoms with Gasteiger partial charge in [0.05, 0.1) is 18.8 Å². The van der Waals surface area contributed by atoms with Gasteiger partial charge < -0.3 is 29.1 Å². The van der Waals surface area contributed by atoms with E-state index in [0.29, 0.717) is 68.7 Å². The van der Waals surface area contributed by atoms with Crippen LogP contribution in [0.4, 0.5) is 9.18 Å². The average molecular weight is 680 g/mol. The Morgan fingerprint density at radius 2 is 1.70 bits per heavy atom. The number of aliphatic hydroxyl groups excluding tert-OH is 1. The molecule has 1 N–H and O–H groups in total. The first kappa shape index (κ1) is 36.8. The van der Waals surface area contributed by atoms with Gasteiger partial charge in [0, 0.05) is 51.3 Å². The lowest BCUT2D eigenvalue weighted by molar-refractivity contribution is -0.151. The van der Waals surface area contributed by atoms with E-state index >= 15 is 0 Å². The van der Waals surface area contributed by atoms with Crippen molar-refractivity contribution in [2.75, 3.05) is 52.6 Å². The van der Waals surface area contributed by atoms with Gasteiger partial charge in [-0.2, -0.15) is 0 Å². The summed E-state index contributed by atoms with van der Waals surface area (Å²) in [6.45, 7) is 9.06. The smallest absolute Gasteiger partial charge is 0.410 e. The molecule has 4 rings (SSSR count). The minimum absolute atomic E-state index is 0.0978. The van der Waals surface area contributed by atoms with E-state index in [-0.39, 0.29) is 30.5 Å². The highest BCUT2D eigenvalue weighted by molar-refractivity contribution is 7.88. The number of likely N-dealkylation sites (N-methyl/N-ethyl adjacent to an activating group) is 1. The van der Waals surface area contributed by atoms with Crippen molar-refractivity contribution in [1.29, 1.82) is 0 Å². The van der Waals surface area contributed by atoms with Crippen LogP contribution >= 0.6 is 0 Å². The Hall–Kier alpha value is -3.00. The predicted octanol–water partition coefficient (Wildman–Crippen LogP) is 4.07. The zero-order valence-corrected chi connectivity index (χ0v) is 29.0. The summed E-state index contributed by atoms with van der Waals surface area (Å²) in [5, 5.41) is 10.6. The Balaban J connectivity index is 1.51. The van der Waals surface area contributed by atoms with Gasteiger partial charge in [-0.15, -0.1) is 0 Å². The molecule has 5 atom stereocenters. The molecule has 0 aromatic heterocycles. The first-order valence-corrected chi connectivity index (χ1v) is 18.3. The maximum Gasteiger partial charge on any atom is 0.410 e. The van der Waals surface area contributed by atoms with Crippen LogP contribution in [0.2, 0.25) is 0 Å². The zero-order chi connectivity index (χ0) is 34.3. The first-order chi connectivity index (χ1) is 22.2. The van der Waals surface area contributed by atoms with E-state index in [2.05, 4.69) is 4.90 Å². The number of esters is 1. The molecule has 1 amide bonds. The summed E-state index contributed by atoms with van der Waals surface area (Å²) >= 11 is 0. The van der Waals surface area contributed by atoms with Gasteiger partial charge in [0.25, 0.3) is 0 Å². The number of benzene rings is 1. The van der Waals surface area contributed by atoms with Crippen molar-refractivity contribution < 1.29 is 41.7 Å². The number of nitrogens with zero attached hydrogens (tertiary/aromatic N) is 3. The second-order valence-corrected chi connectivity index (χ2v) is 15.3. The second kappa shape index (κ2) is 16.4. The van der Waals surface area contributed by atoms with Crippen molar-refractivity contribution in [2.45, 2.75) is 77.3 Å². The molecule has 47 heavy (non-hydrogen) atoms. The lowest BCUT2D eigenvalue weighted by atomic mass is 9.91. The minimum Gasteiger partial charge on any atom is -0.490 e. The van der Waals surface area contributed by atoms with Gasteiger partial charge in [-0.1, -0.05) is 26.0 Å². The SMILES string of the molecule is C/C(=C\c1cc(F)cc(OC2CCN(S(C)(=O)=O)CC2)c1)[C@H]1OC(=O)C[C@H](O)CC[C@H](C)[C@@H](OC(=O)N2CCN(C)CC2)/C=C/[C@@H]1C. The van der Waals surface area contributed by atoms with Gasteiger partial charge in [0.2, 0.25) is 10.0 Å². The number of carbonyl (C=O) groups excluding carboxylic acids is 2. The van der Waals surface area contributed by atoms with Crippen LogP contribution in [-0.4, -0.2) is 117 Å². The summed E-state index contributed by atoms with van der Waals surface area (Å²) in [5.41, 5.74) is 1.16. The lowest BCUT2D eigenvalue weighted by Gasteiger charge is -2.33. The van der Waals surface area contributed by atoms with Crippen LogP contribution in [-0.2, 0) is 24.3 Å². The number of hydrogen-bond acceptors (Lipinski definition) is 9. The molecule has 262 valence electrons. The molecule has 13 heteroatoms. The molecule has 0 radical (unpaired) electrons. The number of rotatable bonds is 6. The molecule has 3 aliphatic heterocycles. The van der Waals surface area contributed by atoms with Crippen LogP contribution in [0.3, 0.4) is 0 Å². The highest BCUT2D eigenvalue weighted by Crippen LogP contribution is 2.28. The van der Waals surface area contributed by atoms with Crippen molar-refractivity contribution in [1.82, 2.24) is 14.1 Å². The summed E-state index contributed by atoms with van der Waals surface area (Å²) in [6, 6.07) is 4.36. The number of cyclic esters (lactones) is 1. The van der Waals surface area contributed by atoms with Crippen molar-refractivity contribution in [2.24, 2.45) is 11.8 Å². The molecule has 2 saturated heterocycles. The normalized spacial score (nSPS) is 28.9. The van der Waals surface area contributed by atoms with Gasteiger partial charge in [-0.3, -0.25) is 4.79 Å². The Morgan fingerprint density at radius 3 is 2.36 bits per heavy atom. The fourth-order valence-corrected chi connectivity index (χ4v) is 7.06. The first-order valence-electron chi connectivity index (χ1n) is 16.5. The third kappa shape index (κ3) is 11.0. The monoisotopic (exact) mass is 679 g/mol. The maximum atomic E-state index is 14.7. The predicted molar refractivity (Wildman–Crippen MR) is 177 cm³/mol. The molecule has 0 bridgehead atoms. The number of carbonyl (C=O) groups is 2. The van der Waals surface area contributed by atoms with Crippen LogP contribution in [0, 0.1) is 17.7 Å². The van der Waals surface area contributed by atoms with E-state index in [1.54, 1.807) is 24.0 Å². The van der Waals surface area contributed by atoms with Crippen LogP contribution in [0.5, 0.6) is 5.75 Å². The van der Waals surface area contributed by atoms with E-state index in [9.17, 15) is 27.5 Å². The molecule has 3 aliphatic rings. The second-order valence-electron chi connectivity index (χ2n) is 13.3. The van der Waals surface area contributed by atoms with Gasteiger partial charge in [0.1, 0.15) is 29.9 Å². The minimum atomic E-state index is -3.27. The maximum absolute atomic E-state index is 14.7. The fraction of sp³-hybridized carbons (Fsp3) is 0.647. The highest BCUT2D eigenvalue weighted by atomic mass is 32.2. The third-order valence-electron chi connectivity index (χ3n) is 9.17. The molecule has 2 fully saturated rings. The molecule has 0 spiro atoms. The Morgan fingerprint density at radius 1 is 1.02 bits per heavy atom. The molecule has 1 aromatic carbocycles. The molecule has 0 saturated carbocycles. The van der Waals surface area contributed by atoms with Crippen molar-refractivity contribution >= 4 is 28.2 Å². The van der Waals surface area contributed by atoms with Crippen molar-refractivity contribution in [3.63, 3.8) is 0 Å². The molecule has 0 unspecified atom stereocenters. The zero-order valence-electron chi connectivity index (χ0n) is 28.1. The van der Waals surface area contributed by atoms with Crippen LogP contribution in [0.1, 0.15) is 58.4 Å². The topological polar surface area (TPSA) is 126 Å². The molecule has 0 aliphatic carbocycles. The van der Waals surface area contributed by atoms with Gasteiger partial charge in [-0.25, -0.2) is 21.9 Å². The summed E-state index contributed by atoms with van der Waals surface area (Å²) < 4.78 is 57.8. The van der Waals surface area contributed by atoms with Gasteiger partial charge >= 0.3 is 12.1 Å². The van der Waals surface area contributed by atoms with E-state index in [4.69, 9.17) is 14.2 Å². The summed E-state index contributed by atoms with van der Waals surface area (Å²) in [4.78, 5) is 29.8. The summed E-state index contributed by atoms with van der Waals surface area (Å²) in [6.07, 6.45) is 5.56. The number of halogens is 1. The number of piperazine rings is 1.